The monoisotopic (exact) mass is 306 g/mol. The van der Waals surface area contributed by atoms with E-state index in [-0.39, 0.29) is 11.9 Å². The molecule has 1 aromatic carbocycles. The lowest BCUT2D eigenvalue weighted by atomic mass is 10.3. The van der Waals surface area contributed by atoms with Crippen molar-refractivity contribution in [3.8, 4) is 5.75 Å². The number of hydrogen-bond acceptors (Lipinski definition) is 3. The lowest BCUT2D eigenvalue weighted by molar-refractivity contribution is -0.121. The molecular formula is C16H26N4O2. The predicted molar refractivity (Wildman–Crippen MR) is 89.2 cm³/mol. The molecule has 0 aromatic heterocycles. The number of ether oxygens (including phenoxy) is 1. The second-order valence-electron chi connectivity index (χ2n) is 5.06. The summed E-state index contributed by atoms with van der Waals surface area (Å²) in [5, 5.41) is 9.08. The maximum absolute atomic E-state index is 11.5. The maximum Gasteiger partial charge on any atom is 0.221 e. The van der Waals surface area contributed by atoms with Gasteiger partial charge in [-0.25, -0.2) is 0 Å². The van der Waals surface area contributed by atoms with Gasteiger partial charge in [0.2, 0.25) is 5.91 Å². The molecule has 0 radical (unpaired) electrons. The first-order valence-corrected chi connectivity index (χ1v) is 7.53. The van der Waals surface area contributed by atoms with Crippen LogP contribution in [0.3, 0.4) is 0 Å². The highest BCUT2D eigenvalue weighted by Gasteiger charge is 2.03. The lowest BCUT2D eigenvalue weighted by Crippen LogP contribution is -2.41. The summed E-state index contributed by atoms with van der Waals surface area (Å²) in [6.07, 6.45) is 0.416. The van der Waals surface area contributed by atoms with Crippen LogP contribution in [-0.2, 0) is 4.79 Å². The van der Waals surface area contributed by atoms with Gasteiger partial charge in [-0.15, -0.1) is 0 Å². The Morgan fingerprint density at radius 1 is 1.18 bits per heavy atom. The molecule has 0 aliphatic heterocycles. The van der Waals surface area contributed by atoms with E-state index >= 15 is 0 Å². The highest BCUT2D eigenvalue weighted by Crippen LogP contribution is 2.07. The number of aliphatic imine (C=N–C) groups is 1. The lowest BCUT2D eigenvalue weighted by Gasteiger charge is -2.13. The van der Waals surface area contributed by atoms with Crippen LogP contribution in [0.1, 0.15) is 20.3 Å². The van der Waals surface area contributed by atoms with Crippen molar-refractivity contribution in [3.05, 3.63) is 30.3 Å². The molecule has 0 fully saturated rings. The molecule has 0 aliphatic carbocycles. The number of nitrogens with zero attached hydrogens (tertiary/aromatic N) is 1. The molecule has 22 heavy (non-hydrogen) atoms. The van der Waals surface area contributed by atoms with Crippen LogP contribution < -0.4 is 20.7 Å². The Balaban J connectivity index is 2.13. The van der Waals surface area contributed by atoms with E-state index in [9.17, 15) is 4.79 Å². The van der Waals surface area contributed by atoms with Gasteiger partial charge in [0.1, 0.15) is 12.4 Å². The molecule has 1 amide bonds. The minimum atomic E-state index is 0.0327. The summed E-state index contributed by atoms with van der Waals surface area (Å²) < 4.78 is 5.58. The third-order valence-electron chi connectivity index (χ3n) is 2.72. The highest BCUT2D eigenvalue weighted by molar-refractivity contribution is 5.81. The van der Waals surface area contributed by atoms with Crippen LogP contribution in [0, 0.1) is 0 Å². The number of carbonyl (C=O) groups is 1. The molecule has 1 rings (SSSR count). The van der Waals surface area contributed by atoms with E-state index in [1.807, 2.05) is 44.2 Å². The fourth-order valence-electron chi connectivity index (χ4n) is 1.76. The fraction of sp³-hybridized carbons (Fsp3) is 0.500. The van der Waals surface area contributed by atoms with Crippen LogP contribution in [0.2, 0.25) is 0 Å². The van der Waals surface area contributed by atoms with Gasteiger partial charge in [0.15, 0.2) is 5.96 Å². The first-order valence-electron chi connectivity index (χ1n) is 7.53. The molecule has 0 saturated carbocycles. The van der Waals surface area contributed by atoms with Crippen LogP contribution in [0.15, 0.2) is 35.3 Å². The zero-order chi connectivity index (χ0) is 16.2. The summed E-state index contributed by atoms with van der Waals surface area (Å²) in [7, 11) is 1.70. The van der Waals surface area contributed by atoms with Crippen molar-refractivity contribution in [2.45, 2.75) is 26.3 Å². The third-order valence-corrected chi connectivity index (χ3v) is 2.72. The Morgan fingerprint density at radius 3 is 2.50 bits per heavy atom. The predicted octanol–water partition coefficient (Wildman–Crippen LogP) is 1.15. The summed E-state index contributed by atoms with van der Waals surface area (Å²) in [4.78, 5) is 15.6. The molecule has 0 unspecified atom stereocenters. The van der Waals surface area contributed by atoms with Gasteiger partial charge in [-0.2, -0.15) is 0 Å². The molecule has 122 valence electrons. The molecule has 0 heterocycles. The largest absolute Gasteiger partial charge is 0.492 e. The normalized spacial score (nSPS) is 11.2. The summed E-state index contributed by atoms with van der Waals surface area (Å²) in [6.45, 7) is 5.60. The van der Waals surface area contributed by atoms with E-state index in [1.165, 1.54) is 0 Å². The number of rotatable bonds is 8. The van der Waals surface area contributed by atoms with Gasteiger partial charge >= 0.3 is 0 Å². The maximum atomic E-state index is 11.5. The summed E-state index contributed by atoms with van der Waals surface area (Å²) in [5.41, 5.74) is 0. The van der Waals surface area contributed by atoms with Crippen molar-refractivity contribution in [2.24, 2.45) is 4.99 Å². The van der Waals surface area contributed by atoms with Crippen molar-refractivity contribution in [3.63, 3.8) is 0 Å². The number of carbonyl (C=O) groups excluding carboxylic acids is 1. The SMILES string of the molecule is CN=C(NCCOc1ccccc1)NCCC(=O)NC(C)C. The van der Waals surface area contributed by atoms with Gasteiger partial charge in [0, 0.05) is 26.1 Å². The van der Waals surface area contributed by atoms with Gasteiger partial charge < -0.3 is 20.7 Å². The van der Waals surface area contributed by atoms with Crippen molar-refractivity contribution in [1.29, 1.82) is 0 Å². The molecule has 6 heteroatoms. The van der Waals surface area contributed by atoms with E-state index in [4.69, 9.17) is 4.74 Å². The molecule has 1 aromatic rings. The zero-order valence-corrected chi connectivity index (χ0v) is 13.6. The molecule has 0 aliphatic rings. The smallest absolute Gasteiger partial charge is 0.221 e. The van der Waals surface area contributed by atoms with Crippen LogP contribution in [-0.4, -0.2) is 44.7 Å². The molecule has 3 N–H and O–H groups in total. The Hall–Kier alpha value is -2.24. The van der Waals surface area contributed by atoms with E-state index in [2.05, 4.69) is 20.9 Å². The standard InChI is InChI=1S/C16H26N4O2/c1-13(2)20-15(21)9-10-18-16(17-3)19-11-12-22-14-7-5-4-6-8-14/h4-8,13H,9-12H2,1-3H3,(H,20,21)(H2,17,18,19). The first-order chi connectivity index (χ1) is 10.6. The van der Waals surface area contributed by atoms with Gasteiger partial charge in [0.05, 0.1) is 6.54 Å². The van der Waals surface area contributed by atoms with E-state index in [1.54, 1.807) is 7.05 Å². The Labute approximate surface area is 132 Å². The van der Waals surface area contributed by atoms with Crippen molar-refractivity contribution >= 4 is 11.9 Å². The highest BCUT2D eigenvalue weighted by atomic mass is 16.5. The minimum Gasteiger partial charge on any atom is -0.492 e. The number of guanidine groups is 1. The molecule has 0 bridgehead atoms. The first kappa shape index (κ1) is 17.8. The molecule has 6 nitrogen and oxygen atoms in total. The van der Waals surface area contributed by atoms with Crippen molar-refractivity contribution in [2.75, 3.05) is 26.7 Å². The zero-order valence-electron chi connectivity index (χ0n) is 13.6. The number of nitrogens with one attached hydrogen (secondary N) is 3. The van der Waals surface area contributed by atoms with Gasteiger partial charge in [-0.1, -0.05) is 18.2 Å². The summed E-state index contributed by atoms with van der Waals surface area (Å²) in [6, 6.07) is 9.82. The number of hydrogen-bond donors (Lipinski definition) is 3. The van der Waals surface area contributed by atoms with Crippen LogP contribution >= 0.6 is 0 Å². The Morgan fingerprint density at radius 2 is 1.86 bits per heavy atom. The fourth-order valence-corrected chi connectivity index (χ4v) is 1.76. The van der Waals surface area contributed by atoms with Crippen molar-refractivity contribution in [1.82, 2.24) is 16.0 Å². The summed E-state index contributed by atoms with van der Waals surface area (Å²) >= 11 is 0. The van der Waals surface area contributed by atoms with Crippen LogP contribution in [0.5, 0.6) is 5.75 Å². The quantitative estimate of drug-likeness (QED) is 0.382. The van der Waals surface area contributed by atoms with Crippen LogP contribution in [0.25, 0.3) is 0 Å². The molecular weight excluding hydrogens is 280 g/mol. The second kappa shape index (κ2) is 10.5. The Bertz CT molecular complexity index is 460. The summed E-state index contributed by atoms with van der Waals surface area (Å²) in [5.74, 6) is 1.54. The van der Waals surface area contributed by atoms with Gasteiger partial charge in [-0.3, -0.25) is 9.79 Å². The minimum absolute atomic E-state index is 0.0327. The topological polar surface area (TPSA) is 74.8 Å². The number of para-hydroxylation sites is 1. The van der Waals surface area contributed by atoms with Crippen molar-refractivity contribution < 1.29 is 9.53 Å². The molecule has 0 atom stereocenters. The number of amides is 1. The van der Waals surface area contributed by atoms with E-state index in [0.717, 1.165) is 5.75 Å². The van der Waals surface area contributed by atoms with Gasteiger partial charge in [-0.05, 0) is 26.0 Å². The molecule has 0 saturated heterocycles. The van der Waals surface area contributed by atoms with E-state index in [0.29, 0.717) is 32.1 Å². The Kier molecular flexibility index (Phi) is 8.49. The van der Waals surface area contributed by atoms with Crippen LogP contribution in [0.4, 0.5) is 0 Å². The van der Waals surface area contributed by atoms with Gasteiger partial charge in [0.25, 0.3) is 0 Å². The second-order valence-corrected chi connectivity index (χ2v) is 5.06. The van der Waals surface area contributed by atoms with E-state index < -0.39 is 0 Å². The average Bonchev–Trinajstić information content (AvgIpc) is 2.50. The average molecular weight is 306 g/mol. The third kappa shape index (κ3) is 8.14. The molecule has 0 spiro atoms. The number of benzene rings is 1.